The summed E-state index contributed by atoms with van der Waals surface area (Å²) < 4.78 is 17.2. The number of methoxy groups -OCH3 is 1. The Morgan fingerprint density at radius 3 is 2.46 bits per heavy atom. The van der Waals surface area contributed by atoms with E-state index in [2.05, 4.69) is 25.3 Å². The number of nitrogens with one attached hydrogen (secondary N) is 1. The van der Waals surface area contributed by atoms with Crippen LogP contribution in [0.5, 0.6) is 11.5 Å². The third-order valence-corrected chi connectivity index (χ3v) is 7.73. The fourth-order valence-electron chi connectivity index (χ4n) is 4.90. The normalized spacial score (nSPS) is 13.9. The Kier molecular flexibility index (Phi) is 14.7. The van der Waals surface area contributed by atoms with Gasteiger partial charge in [-0.1, -0.05) is 47.6 Å². The minimum Gasteiger partial charge on any atom is -0.493 e. The molecule has 5 N–H and O–H groups in total. The van der Waals surface area contributed by atoms with Gasteiger partial charge in [0.05, 0.1) is 38.2 Å². The molecule has 266 valence electrons. The Morgan fingerprint density at radius 2 is 1.78 bits per heavy atom. The van der Waals surface area contributed by atoms with Crippen LogP contribution >= 0.6 is 0 Å². The van der Waals surface area contributed by atoms with Crippen molar-refractivity contribution in [1.29, 1.82) is 0 Å². The van der Waals surface area contributed by atoms with E-state index in [1.165, 1.54) is 0 Å². The van der Waals surface area contributed by atoms with Crippen molar-refractivity contribution in [2.75, 3.05) is 51.9 Å². The first kappa shape index (κ1) is 37.5. The molecule has 5 rings (SSSR count). The molecule has 14 nitrogen and oxygen atoms in total. The van der Waals surface area contributed by atoms with Crippen molar-refractivity contribution in [2.45, 2.75) is 38.8 Å². The predicted molar refractivity (Wildman–Crippen MR) is 189 cm³/mol. The number of anilines is 2. The quantitative estimate of drug-likeness (QED) is 0.0721. The van der Waals surface area contributed by atoms with Crippen LogP contribution in [0.25, 0.3) is 10.9 Å². The lowest BCUT2D eigenvalue weighted by molar-refractivity contribution is -0.139. The van der Waals surface area contributed by atoms with Crippen molar-refractivity contribution in [2.24, 2.45) is 10.9 Å². The maximum Gasteiger partial charge on any atom is 0.320 e. The summed E-state index contributed by atoms with van der Waals surface area (Å²) in [6.45, 7) is 7.48. The van der Waals surface area contributed by atoms with Gasteiger partial charge in [-0.15, -0.1) is 0 Å². The Hall–Kier alpha value is -5.31. The van der Waals surface area contributed by atoms with Crippen LogP contribution in [0, 0.1) is 0 Å². The molecule has 1 atom stereocenters. The average Bonchev–Trinajstić information content (AvgIpc) is 3.13. The van der Waals surface area contributed by atoms with Crippen LogP contribution in [0.4, 0.5) is 11.5 Å². The molecule has 1 aliphatic heterocycles. The summed E-state index contributed by atoms with van der Waals surface area (Å²) in [4.78, 5) is 36.7. The van der Waals surface area contributed by atoms with Gasteiger partial charge in [0.2, 0.25) is 0 Å². The number of aliphatic carboxylic acids is 2. The number of hydrogen-bond acceptors (Lipinski definition) is 12. The van der Waals surface area contributed by atoms with Crippen molar-refractivity contribution < 1.29 is 38.9 Å². The number of carboxylic acids is 2. The van der Waals surface area contributed by atoms with Crippen molar-refractivity contribution >= 4 is 40.1 Å². The number of rotatable bonds is 16. The van der Waals surface area contributed by atoms with Crippen LogP contribution in [0.15, 0.2) is 78.2 Å². The first-order chi connectivity index (χ1) is 24.2. The van der Waals surface area contributed by atoms with Gasteiger partial charge in [-0.25, -0.2) is 9.97 Å². The van der Waals surface area contributed by atoms with E-state index in [9.17, 15) is 9.59 Å². The minimum absolute atomic E-state index is 0.0231. The van der Waals surface area contributed by atoms with Gasteiger partial charge in [-0.05, 0) is 49.1 Å². The van der Waals surface area contributed by atoms with Gasteiger partial charge in [-0.2, -0.15) is 0 Å². The molecule has 0 bridgehead atoms. The molecule has 0 unspecified atom stereocenters. The number of oxime groups is 1. The average molecular weight is 689 g/mol. The highest BCUT2D eigenvalue weighted by Crippen LogP contribution is 2.35. The molecule has 1 saturated heterocycles. The molecule has 4 aromatic rings. The molecular formula is C36H44N6O8. The molecule has 2 heterocycles. The zero-order valence-corrected chi connectivity index (χ0v) is 28.3. The second-order valence-electron chi connectivity index (χ2n) is 11.4. The molecule has 0 amide bonds. The molecule has 14 heteroatoms. The third kappa shape index (κ3) is 12.0. The van der Waals surface area contributed by atoms with E-state index in [0.29, 0.717) is 30.5 Å². The Labute approximate surface area is 290 Å². The monoisotopic (exact) mass is 688 g/mol. The second kappa shape index (κ2) is 19.6. The van der Waals surface area contributed by atoms with Crippen LogP contribution in [-0.2, 0) is 25.8 Å². The van der Waals surface area contributed by atoms with Crippen molar-refractivity contribution in [3.8, 4) is 11.5 Å². The first-order valence-electron chi connectivity index (χ1n) is 16.3. The molecule has 50 heavy (non-hydrogen) atoms. The summed E-state index contributed by atoms with van der Waals surface area (Å²) in [5.41, 5.74) is 9.52. The molecule has 0 saturated carbocycles. The fraction of sp³-hybridized carbons (Fsp3) is 0.361. The van der Waals surface area contributed by atoms with Gasteiger partial charge in [0.1, 0.15) is 24.8 Å². The number of ether oxygens (including phenoxy) is 3. The Bertz CT molecular complexity index is 1700. The smallest absolute Gasteiger partial charge is 0.320 e. The van der Waals surface area contributed by atoms with Crippen LogP contribution in [0.2, 0.25) is 0 Å². The number of aromatic nitrogens is 2. The summed E-state index contributed by atoms with van der Waals surface area (Å²) in [6.07, 6.45) is 2.24. The Balaban J connectivity index is 0.000000490. The zero-order valence-electron chi connectivity index (χ0n) is 28.3. The predicted octanol–water partition coefficient (Wildman–Crippen LogP) is 4.69. The van der Waals surface area contributed by atoms with E-state index in [1.54, 1.807) is 13.4 Å². The van der Waals surface area contributed by atoms with Crippen LogP contribution in [-0.4, -0.2) is 95.3 Å². The summed E-state index contributed by atoms with van der Waals surface area (Å²) in [5.74, 6) is -0.183. The van der Waals surface area contributed by atoms with E-state index in [4.69, 9.17) is 35.0 Å². The Morgan fingerprint density at radius 1 is 1.04 bits per heavy atom. The second-order valence-corrected chi connectivity index (χ2v) is 11.4. The number of benzene rings is 3. The number of fused-ring (bicyclic) bond motifs is 1. The first-order valence-corrected chi connectivity index (χ1v) is 16.3. The highest BCUT2D eigenvalue weighted by atomic mass is 16.6. The molecule has 1 aliphatic rings. The van der Waals surface area contributed by atoms with Crippen LogP contribution in [0.1, 0.15) is 37.3 Å². The maximum atomic E-state index is 9.99. The molecule has 1 aromatic heterocycles. The number of nitrogens with two attached hydrogens (primary N) is 1. The lowest BCUT2D eigenvalue weighted by atomic mass is 10.1. The number of carbonyl (C=O) groups is 2. The van der Waals surface area contributed by atoms with Crippen LogP contribution in [0.3, 0.4) is 0 Å². The number of hydrogen-bond donors (Lipinski definition) is 4. The summed E-state index contributed by atoms with van der Waals surface area (Å²) in [5, 5.41) is 24.8. The highest BCUT2D eigenvalue weighted by Gasteiger charge is 2.14. The zero-order chi connectivity index (χ0) is 35.7. The molecule has 1 fully saturated rings. The highest BCUT2D eigenvalue weighted by molar-refractivity contribution is 5.99. The van der Waals surface area contributed by atoms with Gasteiger partial charge in [0, 0.05) is 43.2 Å². The van der Waals surface area contributed by atoms with E-state index in [0.717, 1.165) is 72.7 Å². The van der Waals surface area contributed by atoms with E-state index < -0.39 is 18.0 Å². The molecule has 0 spiro atoms. The topological polar surface area (TPSA) is 191 Å². The fourth-order valence-corrected chi connectivity index (χ4v) is 4.90. The molecule has 3 aromatic carbocycles. The lowest BCUT2D eigenvalue weighted by Crippen LogP contribution is -2.37. The standard InChI is InChI=1S/C31H35N5O4.C5H9NO4/c1-23(35-40-21-24-7-4-3-5-8-24)25-9-11-26(12-10-25)34-31-27-19-30(29(37-2)20-28(27)32-22-33-31)39-16-6-13-36-14-17-38-18-15-36;6-3(5(9)10)1-2-4(7)8/h3-5,7-12,19-20,22H,6,13-18,21H2,1-2H3,(H,32,33,34);3H,1-2,6H2,(H,7,8)(H,9,10)/b35-23+;/t;3-/m.0/s1. The van der Waals surface area contributed by atoms with Crippen molar-refractivity contribution in [1.82, 2.24) is 14.9 Å². The van der Waals surface area contributed by atoms with Gasteiger partial charge in [0.25, 0.3) is 0 Å². The van der Waals surface area contributed by atoms with Gasteiger partial charge in [0.15, 0.2) is 11.5 Å². The van der Waals surface area contributed by atoms with Gasteiger partial charge < -0.3 is 40.3 Å². The van der Waals surface area contributed by atoms with Crippen LogP contribution < -0.4 is 20.5 Å². The van der Waals surface area contributed by atoms with E-state index >= 15 is 0 Å². The summed E-state index contributed by atoms with van der Waals surface area (Å²) in [6, 6.07) is 20.7. The number of carboxylic acid groups (broad SMARTS) is 2. The molecule has 0 radical (unpaired) electrons. The molecule has 0 aliphatic carbocycles. The van der Waals surface area contributed by atoms with Gasteiger partial charge in [-0.3, -0.25) is 14.5 Å². The largest absolute Gasteiger partial charge is 0.493 e. The van der Waals surface area contributed by atoms with E-state index in [1.807, 2.05) is 73.7 Å². The minimum atomic E-state index is -1.17. The number of nitrogens with zero attached hydrogens (tertiary/aromatic N) is 4. The lowest BCUT2D eigenvalue weighted by Gasteiger charge is -2.26. The SMILES string of the molecule is COc1cc2ncnc(Nc3ccc(/C(C)=N/OCc4ccccc4)cc3)c2cc1OCCCN1CCOCC1.N[C@@H](CCC(=O)O)C(=O)O. The number of morpholine rings is 1. The summed E-state index contributed by atoms with van der Waals surface area (Å²) >= 11 is 0. The van der Waals surface area contributed by atoms with E-state index in [-0.39, 0.29) is 12.8 Å². The summed E-state index contributed by atoms with van der Waals surface area (Å²) in [7, 11) is 1.64. The van der Waals surface area contributed by atoms with Gasteiger partial charge >= 0.3 is 11.9 Å². The third-order valence-electron chi connectivity index (χ3n) is 7.73. The molecular weight excluding hydrogens is 644 g/mol. The van der Waals surface area contributed by atoms with Crippen molar-refractivity contribution in [3.63, 3.8) is 0 Å². The maximum absolute atomic E-state index is 9.99. The van der Waals surface area contributed by atoms with Crippen molar-refractivity contribution in [3.05, 3.63) is 84.2 Å².